The third-order valence-electron chi connectivity index (χ3n) is 2.87. The first kappa shape index (κ1) is 12.7. The van der Waals surface area contributed by atoms with Gasteiger partial charge in [-0.2, -0.15) is 0 Å². The number of carbonyl (C=O) groups is 1. The first-order valence-electron chi connectivity index (χ1n) is 5.58. The molecule has 16 heavy (non-hydrogen) atoms. The molecule has 1 rings (SSSR count). The van der Waals surface area contributed by atoms with Crippen LogP contribution in [0.4, 0.5) is 0 Å². The molecular weight excluding hydrogens is 200 g/mol. The van der Waals surface area contributed by atoms with E-state index in [4.69, 9.17) is 5.73 Å². The van der Waals surface area contributed by atoms with Crippen molar-refractivity contribution in [3.8, 4) is 0 Å². The van der Waals surface area contributed by atoms with Crippen molar-refractivity contribution in [3.05, 3.63) is 35.4 Å². The van der Waals surface area contributed by atoms with Crippen molar-refractivity contribution in [2.45, 2.75) is 39.3 Å². The minimum atomic E-state index is -0.378. The van der Waals surface area contributed by atoms with Crippen LogP contribution in [-0.4, -0.2) is 11.4 Å². The van der Waals surface area contributed by atoms with Crippen LogP contribution in [0.2, 0.25) is 0 Å². The molecule has 0 atom stereocenters. The molecule has 3 nitrogen and oxygen atoms in total. The molecule has 0 aromatic heterocycles. The van der Waals surface area contributed by atoms with Crippen molar-refractivity contribution < 1.29 is 4.79 Å². The smallest absolute Gasteiger partial charge is 0.248 e. The molecule has 1 aromatic rings. The van der Waals surface area contributed by atoms with E-state index in [1.54, 1.807) is 6.07 Å². The van der Waals surface area contributed by atoms with Crippen molar-refractivity contribution in [2.24, 2.45) is 5.73 Å². The zero-order valence-corrected chi connectivity index (χ0v) is 10.2. The molecule has 0 saturated carbocycles. The Morgan fingerprint density at radius 1 is 1.44 bits per heavy atom. The maximum absolute atomic E-state index is 11.0. The molecule has 0 radical (unpaired) electrons. The lowest BCUT2D eigenvalue weighted by Crippen LogP contribution is -2.37. The fourth-order valence-electron chi connectivity index (χ4n) is 1.30. The van der Waals surface area contributed by atoms with Crippen LogP contribution in [0.3, 0.4) is 0 Å². The molecule has 3 heteroatoms. The summed E-state index contributed by atoms with van der Waals surface area (Å²) in [6.07, 6.45) is 1.06. The lowest BCUT2D eigenvalue weighted by atomic mass is 10.0. The molecule has 1 aromatic carbocycles. The van der Waals surface area contributed by atoms with E-state index in [0.717, 1.165) is 18.5 Å². The number of carbonyl (C=O) groups excluding carboxylic acids is 1. The number of hydrogen-bond donors (Lipinski definition) is 2. The van der Waals surface area contributed by atoms with Crippen LogP contribution in [0, 0.1) is 0 Å². The summed E-state index contributed by atoms with van der Waals surface area (Å²) in [6, 6.07) is 7.42. The summed E-state index contributed by atoms with van der Waals surface area (Å²) in [5.41, 5.74) is 6.99. The SMILES string of the molecule is CCC(C)(C)NCc1cccc(C(N)=O)c1. The lowest BCUT2D eigenvalue weighted by Gasteiger charge is -2.24. The van der Waals surface area contributed by atoms with Gasteiger partial charge in [0.15, 0.2) is 0 Å². The summed E-state index contributed by atoms with van der Waals surface area (Å²) >= 11 is 0. The highest BCUT2D eigenvalue weighted by Gasteiger charge is 2.13. The highest BCUT2D eigenvalue weighted by atomic mass is 16.1. The van der Waals surface area contributed by atoms with Crippen molar-refractivity contribution in [2.75, 3.05) is 0 Å². The van der Waals surface area contributed by atoms with E-state index in [0.29, 0.717) is 5.56 Å². The van der Waals surface area contributed by atoms with Crippen LogP contribution in [0.25, 0.3) is 0 Å². The van der Waals surface area contributed by atoms with Crippen LogP contribution in [0.15, 0.2) is 24.3 Å². The summed E-state index contributed by atoms with van der Waals surface area (Å²) in [7, 11) is 0. The molecule has 0 aliphatic rings. The predicted molar refractivity (Wildman–Crippen MR) is 66.2 cm³/mol. The van der Waals surface area contributed by atoms with E-state index in [9.17, 15) is 4.79 Å². The van der Waals surface area contributed by atoms with Gasteiger partial charge in [-0.1, -0.05) is 19.1 Å². The molecule has 0 bridgehead atoms. The summed E-state index contributed by atoms with van der Waals surface area (Å²) in [6.45, 7) is 7.21. The van der Waals surface area contributed by atoms with Crippen LogP contribution >= 0.6 is 0 Å². The topological polar surface area (TPSA) is 55.1 Å². The monoisotopic (exact) mass is 220 g/mol. The molecule has 0 saturated heterocycles. The van der Waals surface area contributed by atoms with E-state index in [1.807, 2.05) is 18.2 Å². The normalized spacial score (nSPS) is 11.4. The van der Waals surface area contributed by atoms with Gasteiger partial charge in [0.1, 0.15) is 0 Å². The van der Waals surface area contributed by atoms with Gasteiger partial charge >= 0.3 is 0 Å². The molecule has 0 fully saturated rings. The second-order valence-corrected chi connectivity index (χ2v) is 4.66. The number of primary amides is 1. The fourth-order valence-corrected chi connectivity index (χ4v) is 1.30. The van der Waals surface area contributed by atoms with Gasteiger partial charge in [0, 0.05) is 17.6 Å². The van der Waals surface area contributed by atoms with E-state index >= 15 is 0 Å². The van der Waals surface area contributed by atoms with Gasteiger partial charge in [-0.25, -0.2) is 0 Å². The minimum Gasteiger partial charge on any atom is -0.366 e. The Bertz CT molecular complexity index is 372. The Labute approximate surface area is 97.0 Å². The van der Waals surface area contributed by atoms with Crippen molar-refractivity contribution in [3.63, 3.8) is 0 Å². The molecule has 0 aliphatic carbocycles. The quantitative estimate of drug-likeness (QED) is 0.798. The molecule has 1 amide bonds. The van der Waals surface area contributed by atoms with E-state index in [2.05, 4.69) is 26.1 Å². The van der Waals surface area contributed by atoms with Crippen LogP contribution in [0.1, 0.15) is 43.1 Å². The summed E-state index contributed by atoms with van der Waals surface area (Å²) in [5, 5.41) is 3.44. The number of hydrogen-bond acceptors (Lipinski definition) is 2. The standard InChI is InChI=1S/C13H20N2O/c1-4-13(2,3)15-9-10-6-5-7-11(8-10)12(14)16/h5-8,15H,4,9H2,1-3H3,(H2,14,16). The number of nitrogens with two attached hydrogens (primary N) is 1. The number of nitrogens with one attached hydrogen (secondary N) is 1. The first-order valence-corrected chi connectivity index (χ1v) is 5.58. The van der Waals surface area contributed by atoms with E-state index in [-0.39, 0.29) is 11.4 Å². The average Bonchev–Trinajstić information content (AvgIpc) is 2.27. The molecule has 3 N–H and O–H groups in total. The lowest BCUT2D eigenvalue weighted by molar-refractivity contribution is 0.1000. The fraction of sp³-hybridized carbons (Fsp3) is 0.462. The molecule has 0 heterocycles. The van der Waals surface area contributed by atoms with Gasteiger partial charge in [-0.15, -0.1) is 0 Å². The van der Waals surface area contributed by atoms with Gasteiger partial charge in [0.2, 0.25) is 5.91 Å². The van der Waals surface area contributed by atoms with Gasteiger partial charge in [0.05, 0.1) is 0 Å². The molecule has 0 aliphatic heterocycles. The molecule has 0 unspecified atom stereocenters. The molecule has 0 spiro atoms. The Kier molecular flexibility index (Phi) is 4.07. The van der Waals surface area contributed by atoms with Crippen molar-refractivity contribution in [1.82, 2.24) is 5.32 Å². The largest absolute Gasteiger partial charge is 0.366 e. The average molecular weight is 220 g/mol. The molecule has 88 valence electrons. The minimum absolute atomic E-state index is 0.114. The third-order valence-corrected chi connectivity index (χ3v) is 2.87. The van der Waals surface area contributed by atoms with E-state index in [1.165, 1.54) is 0 Å². The van der Waals surface area contributed by atoms with Crippen molar-refractivity contribution in [1.29, 1.82) is 0 Å². The predicted octanol–water partition coefficient (Wildman–Crippen LogP) is 2.06. The van der Waals surface area contributed by atoms with Crippen LogP contribution in [0.5, 0.6) is 0 Å². The zero-order chi connectivity index (χ0) is 12.2. The van der Waals surface area contributed by atoms with Crippen LogP contribution < -0.4 is 11.1 Å². The highest BCUT2D eigenvalue weighted by molar-refractivity contribution is 5.92. The van der Waals surface area contributed by atoms with Gasteiger partial charge < -0.3 is 11.1 Å². The second-order valence-electron chi connectivity index (χ2n) is 4.66. The Morgan fingerprint density at radius 2 is 2.12 bits per heavy atom. The van der Waals surface area contributed by atoms with E-state index < -0.39 is 0 Å². The van der Waals surface area contributed by atoms with Crippen molar-refractivity contribution >= 4 is 5.91 Å². The summed E-state index contributed by atoms with van der Waals surface area (Å²) in [5.74, 6) is -0.378. The zero-order valence-electron chi connectivity index (χ0n) is 10.2. The number of amides is 1. The van der Waals surface area contributed by atoms with Gasteiger partial charge in [0.25, 0.3) is 0 Å². The Morgan fingerprint density at radius 3 is 2.69 bits per heavy atom. The maximum atomic E-state index is 11.0. The first-order chi connectivity index (χ1) is 7.44. The number of rotatable bonds is 5. The Hall–Kier alpha value is -1.35. The number of benzene rings is 1. The summed E-state index contributed by atoms with van der Waals surface area (Å²) < 4.78 is 0. The van der Waals surface area contributed by atoms with Gasteiger partial charge in [-0.3, -0.25) is 4.79 Å². The summed E-state index contributed by atoms with van der Waals surface area (Å²) in [4.78, 5) is 11.0. The maximum Gasteiger partial charge on any atom is 0.248 e. The molecular formula is C13H20N2O. The Balaban J connectivity index is 2.68. The second kappa shape index (κ2) is 5.12. The third kappa shape index (κ3) is 3.66. The van der Waals surface area contributed by atoms with Gasteiger partial charge in [-0.05, 0) is 38.0 Å². The highest BCUT2D eigenvalue weighted by Crippen LogP contribution is 2.10. The van der Waals surface area contributed by atoms with Crippen LogP contribution in [-0.2, 0) is 6.54 Å².